The summed E-state index contributed by atoms with van der Waals surface area (Å²) in [5.74, 6) is 0.727. The fourth-order valence-corrected chi connectivity index (χ4v) is 2.31. The number of halogens is 1. The zero-order valence-corrected chi connectivity index (χ0v) is 12.3. The molecule has 0 bridgehead atoms. The first-order chi connectivity index (χ1) is 8.74. The summed E-state index contributed by atoms with van der Waals surface area (Å²) in [6.07, 6.45) is 2.93. The van der Waals surface area contributed by atoms with Gasteiger partial charge in [-0.1, -0.05) is 29.8 Å². The molecule has 0 saturated carbocycles. The summed E-state index contributed by atoms with van der Waals surface area (Å²) in [5, 5.41) is 6.40. The second-order valence-corrected chi connectivity index (χ2v) is 5.18. The van der Waals surface area contributed by atoms with Gasteiger partial charge in [0.25, 0.3) is 0 Å². The molecule has 0 aromatic heterocycles. The van der Waals surface area contributed by atoms with Crippen LogP contribution in [0, 0.1) is 12.8 Å². The maximum absolute atomic E-state index is 11.8. The van der Waals surface area contributed by atoms with Crippen LogP contribution < -0.4 is 10.6 Å². The van der Waals surface area contributed by atoms with E-state index in [0.717, 1.165) is 25.2 Å². The Morgan fingerprint density at radius 3 is 2.74 bits per heavy atom. The van der Waals surface area contributed by atoms with Crippen molar-refractivity contribution in [3.63, 3.8) is 0 Å². The molecule has 1 aromatic carbocycles. The highest BCUT2D eigenvalue weighted by atomic mass is 35.5. The Morgan fingerprint density at radius 1 is 1.37 bits per heavy atom. The van der Waals surface area contributed by atoms with Crippen LogP contribution in [0.4, 0.5) is 0 Å². The molecule has 2 rings (SSSR count). The van der Waals surface area contributed by atoms with Crippen molar-refractivity contribution in [1.82, 2.24) is 10.6 Å². The Balaban J connectivity index is 0.00000180. The SMILES string of the molecule is Cc1ccc(CC(=O)NCC2CCCNC2)cc1.Cl. The first-order valence-corrected chi connectivity index (χ1v) is 6.77. The van der Waals surface area contributed by atoms with Crippen molar-refractivity contribution in [2.24, 2.45) is 5.92 Å². The van der Waals surface area contributed by atoms with Crippen molar-refractivity contribution in [3.8, 4) is 0 Å². The first kappa shape index (κ1) is 16.0. The number of piperidine rings is 1. The predicted molar refractivity (Wildman–Crippen MR) is 80.7 cm³/mol. The molecule has 1 aliphatic rings. The minimum Gasteiger partial charge on any atom is -0.355 e. The van der Waals surface area contributed by atoms with E-state index in [0.29, 0.717) is 12.3 Å². The number of carbonyl (C=O) groups excluding carboxylic acids is 1. The van der Waals surface area contributed by atoms with Crippen LogP contribution in [0.2, 0.25) is 0 Å². The Labute approximate surface area is 121 Å². The van der Waals surface area contributed by atoms with E-state index in [-0.39, 0.29) is 18.3 Å². The van der Waals surface area contributed by atoms with E-state index < -0.39 is 0 Å². The molecule has 1 aliphatic heterocycles. The molecule has 0 spiro atoms. The van der Waals surface area contributed by atoms with Crippen molar-refractivity contribution < 1.29 is 4.79 Å². The second-order valence-electron chi connectivity index (χ2n) is 5.18. The molecule has 0 radical (unpaired) electrons. The minimum atomic E-state index is 0. The van der Waals surface area contributed by atoms with Gasteiger partial charge in [-0.3, -0.25) is 4.79 Å². The zero-order chi connectivity index (χ0) is 12.8. The average molecular weight is 283 g/mol. The Kier molecular flexibility index (Phi) is 6.89. The van der Waals surface area contributed by atoms with Crippen LogP contribution in [0.5, 0.6) is 0 Å². The molecule has 1 heterocycles. The number of aryl methyl sites for hydroxylation is 1. The molecule has 3 nitrogen and oxygen atoms in total. The molecule has 1 saturated heterocycles. The highest BCUT2D eigenvalue weighted by molar-refractivity contribution is 5.85. The van der Waals surface area contributed by atoms with Gasteiger partial charge in [0, 0.05) is 6.54 Å². The van der Waals surface area contributed by atoms with Crippen molar-refractivity contribution in [2.75, 3.05) is 19.6 Å². The lowest BCUT2D eigenvalue weighted by Crippen LogP contribution is -2.38. The van der Waals surface area contributed by atoms with Gasteiger partial charge in [0.15, 0.2) is 0 Å². The van der Waals surface area contributed by atoms with E-state index >= 15 is 0 Å². The molecule has 19 heavy (non-hydrogen) atoms. The number of hydrogen-bond acceptors (Lipinski definition) is 2. The van der Waals surface area contributed by atoms with E-state index in [4.69, 9.17) is 0 Å². The van der Waals surface area contributed by atoms with Gasteiger partial charge in [0.1, 0.15) is 0 Å². The second kappa shape index (κ2) is 8.18. The standard InChI is InChI=1S/C15H22N2O.ClH/c1-12-4-6-13(7-5-12)9-15(18)17-11-14-3-2-8-16-10-14;/h4-7,14,16H,2-3,8-11H2,1H3,(H,17,18);1H. The lowest BCUT2D eigenvalue weighted by Gasteiger charge is -2.22. The normalized spacial score (nSPS) is 18.5. The van der Waals surface area contributed by atoms with E-state index in [2.05, 4.69) is 17.6 Å². The number of hydrogen-bond donors (Lipinski definition) is 2. The zero-order valence-electron chi connectivity index (χ0n) is 11.4. The molecule has 1 aromatic rings. The van der Waals surface area contributed by atoms with Crippen molar-refractivity contribution in [2.45, 2.75) is 26.2 Å². The highest BCUT2D eigenvalue weighted by Crippen LogP contribution is 2.08. The molecule has 1 atom stereocenters. The lowest BCUT2D eigenvalue weighted by molar-refractivity contribution is -0.120. The minimum absolute atomic E-state index is 0. The summed E-state index contributed by atoms with van der Waals surface area (Å²) in [5.41, 5.74) is 2.31. The van der Waals surface area contributed by atoms with Crippen molar-refractivity contribution in [1.29, 1.82) is 0 Å². The van der Waals surface area contributed by atoms with E-state index in [1.165, 1.54) is 18.4 Å². The monoisotopic (exact) mass is 282 g/mol. The summed E-state index contributed by atoms with van der Waals surface area (Å²) < 4.78 is 0. The van der Waals surface area contributed by atoms with Gasteiger partial charge in [-0.25, -0.2) is 0 Å². The Morgan fingerprint density at radius 2 is 2.11 bits per heavy atom. The van der Waals surface area contributed by atoms with Crippen LogP contribution in [0.15, 0.2) is 24.3 Å². The van der Waals surface area contributed by atoms with Crippen LogP contribution in [0.25, 0.3) is 0 Å². The molecule has 1 amide bonds. The Bertz CT molecular complexity index is 386. The van der Waals surface area contributed by atoms with Crippen molar-refractivity contribution in [3.05, 3.63) is 35.4 Å². The van der Waals surface area contributed by atoms with E-state index in [1.54, 1.807) is 0 Å². The van der Waals surface area contributed by atoms with Gasteiger partial charge in [0.05, 0.1) is 6.42 Å². The maximum Gasteiger partial charge on any atom is 0.224 e. The van der Waals surface area contributed by atoms with Crippen LogP contribution in [-0.2, 0) is 11.2 Å². The summed E-state index contributed by atoms with van der Waals surface area (Å²) >= 11 is 0. The number of carbonyl (C=O) groups is 1. The van der Waals surface area contributed by atoms with Gasteiger partial charge in [0.2, 0.25) is 5.91 Å². The van der Waals surface area contributed by atoms with Crippen LogP contribution in [-0.4, -0.2) is 25.5 Å². The van der Waals surface area contributed by atoms with E-state index in [1.807, 2.05) is 24.3 Å². The van der Waals surface area contributed by atoms with Gasteiger partial charge in [-0.2, -0.15) is 0 Å². The third-order valence-electron chi connectivity index (χ3n) is 3.47. The first-order valence-electron chi connectivity index (χ1n) is 6.77. The molecule has 0 aliphatic carbocycles. The molecule has 1 fully saturated rings. The molecule has 2 N–H and O–H groups in total. The molecule has 1 unspecified atom stereocenters. The van der Waals surface area contributed by atoms with Crippen LogP contribution in [0.1, 0.15) is 24.0 Å². The van der Waals surface area contributed by atoms with Gasteiger partial charge in [-0.05, 0) is 44.3 Å². The summed E-state index contributed by atoms with van der Waals surface area (Å²) in [6, 6.07) is 8.15. The average Bonchev–Trinajstić information content (AvgIpc) is 2.40. The van der Waals surface area contributed by atoms with Crippen LogP contribution >= 0.6 is 12.4 Å². The summed E-state index contributed by atoms with van der Waals surface area (Å²) in [4.78, 5) is 11.8. The van der Waals surface area contributed by atoms with Gasteiger partial charge < -0.3 is 10.6 Å². The van der Waals surface area contributed by atoms with Crippen LogP contribution in [0.3, 0.4) is 0 Å². The molecule has 106 valence electrons. The quantitative estimate of drug-likeness (QED) is 0.888. The number of rotatable bonds is 4. The smallest absolute Gasteiger partial charge is 0.224 e. The fourth-order valence-electron chi connectivity index (χ4n) is 2.31. The topological polar surface area (TPSA) is 41.1 Å². The number of benzene rings is 1. The predicted octanol–water partition coefficient (Wildman–Crippen LogP) is 2.08. The van der Waals surface area contributed by atoms with Gasteiger partial charge >= 0.3 is 0 Å². The fraction of sp³-hybridized carbons (Fsp3) is 0.533. The maximum atomic E-state index is 11.8. The third kappa shape index (κ3) is 5.62. The Hall–Kier alpha value is -1.06. The number of nitrogens with one attached hydrogen (secondary N) is 2. The van der Waals surface area contributed by atoms with Crippen molar-refractivity contribution >= 4 is 18.3 Å². The van der Waals surface area contributed by atoms with Gasteiger partial charge in [-0.15, -0.1) is 12.4 Å². The molecule has 4 heteroatoms. The lowest BCUT2D eigenvalue weighted by atomic mass is 9.99. The highest BCUT2D eigenvalue weighted by Gasteiger charge is 2.13. The molecular formula is C15H23ClN2O. The summed E-state index contributed by atoms with van der Waals surface area (Å²) in [7, 11) is 0. The summed E-state index contributed by atoms with van der Waals surface area (Å²) in [6.45, 7) is 5.01. The molecular weight excluding hydrogens is 260 g/mol. The largest absolute Gasteiger partial charge is 0.355 e. The van der Waals surface area contributed by atoms with E-state index in [9.17, 15) is 4.79 Å². The number of amides is 1. The third-order valence-corrected chi connectivity index (χ3v) is 3.47.